The number of amides is 1. The molecule has 0 bridgehead atoms. The Morgan fingerprint density at radius 2 is 2.08 bits per heavy atom. The molecular weight excluding hydrogens is 300 g/mol. The van der Waals surface area contributed by atoms with Crippen LogP contribution in [0.15, 0.2) is 36.5 Å². The van der Waals surface area contributed by atoms with Gasteiger partial charge in [-0.3, -0.25) is 4.79 Å². The Kier molecular flexibility index (Phi) is 5.20. The third-order valence-corrected chi connectivity index (χ3v) is 4.60. The minimum absolute atomic E-state index is 0.0914. The predicted molar refractivity (Wildman–Crippen MR) is 94.1 cm³/mol. The van der Waals surface area contributed by atoms with Crippen LogP contribution in [0, 0.1) is 13.8 Å². The number of aryl methyl sites for hydroxylation is 2. The molecule has 1 amide bonds. The van der Waals surface area contributed by atoms with E-state index in [9.17, 15) is 4.79 Å². The highest BCUT2D eigenvalue weighted by Gasteiger charge is 2.23. The molecule has 24 heavy (non-hydrogen) atoms. The number of carbonyl (C=O) groups excluding carboxylic acids is 1. The van der Waals surface area contributed by atoms with E-state index in [0.717, 1.165) is 25.3 Å². The third-order valence-electron chi connectivity index (χ3n) is 4.60. The molecule has 0 radical (unpaired) electrons. The van der Waals surface area contributed by atoms with Gasteiger partial charge in [0.2, 0.25) is 0 Å². The molecule has 2 heterocycles. The summed E-state index contributed by atoms with van der Waals surface area (Å²) in [6.45, 7) is 7.34. The Morgan fingerprint density at radius 3 is 2.83 bits per heavy atom. The molecule has 3 rings (SSSR count). The Balaban J connectivity index is 1.46. The van der Waals surface area contributed by atoms with Gasteiger partial charge < -0.3 is 10.2 Å². The summed E-state index contributed by atoms with van der Waals surface area (Å²) in [5.41, 5.74) is 2.70. The molecule has 1 aliphatic rings. The van der Waals surface area contributed by atoms with Gasteiger partial charge in [0.05, 0.1) is 11.3 Å². The van der Waals surface area contributed by atoms with E-state index in [0.29, 0.717) is 23.9 Å². The molecule has 1 aliphatic heterocycles. The number of nitrogens with one attached hydrogen (secondary N) is 1. The molecule has 1 aromatic heterocycles. The minimum atomic E-state index is -0.0914. The fraction of sp³-hybridized carbons (Fsp3) is 0.421. The number of hydrogen-bond donors (Lipinski definition) is 1. The summed E-state index contributed by atoms with van der Waals surface area (Å²) in [7, 11) is 0. The normalized spacial score (nSPS) is 17.8. The third kappa shape index (κ3) is 3.97. The van der Waals surface area contributed by atoms with Crippen molar-refractivity contribution in [2.75, 3.05) is 26.2 Å². The van der Waals surface area contributed by atoms with Gasteiger partial charge in [0.15, 0.2) is 0 Å². The summed E-state index contributed by atoms with van der Waals surface area (Å²) in [6.07, 6.45) is 2.79. The van der Waals surface area contributed by atoms with Crippen LogP contribution in [-0.4, -0.2) is 47.0 Å². The highest BCUT2D eigenvalue weighted by molar-refractivity contribution is 5.94. The van der Waals surface area contributed by atoms with E-state index < -0.39 is 0 Å². The largest absolute Gasteiger partial charge is 0.351 e. The van der Waals surface area contributed by atoms with Crippen molar-refractivity contribution in [1.82, 2.24) is 20.2 Å². The predicted octanol–water partition coefficient (Wildman–Crippen LogP) is 2.31. The monoisotopic (exact) mass is 324 g/mol. The molecule has 5 nitrogen and oxygen atoms in total. The van der Waals surface area contributed by atoms with E-state index in [1.807, 2.05) is 13.8 Å². The zero-order valence-electron chi connectivity index (χ0n) is 14.3. The highest BCUT2D eigenvalue weighted by Crippen LogP contribution is 2.26. The molecule has 1 atom stereocenters. The van der Waals surface area contributed by atoms with Crippen molar-refractivity contribution in [2.45, 2.75) is 26.2 Å². The first-order valence-corrected chi connectivity index (χ1v) is 8.49. The van der Waals surface area contributed by atoms with Crippen LogP contribution >= 0.6 is 0 Å². The Morgan fingerprint density at radius 1 is 1.29 bits per heavy atom. The summed E-state index contributed by atoms with van der Waals surface area (Å²) in [5, 5.41) is 2.98. The summed E-state index contributed by atoms with van der Waals surface area (Å²) >= 11 is 0. The smallest absolute Gasteiger partial charge is 0.254 e. The van der Waals surface area contributed by atoms with E-state index in [4.69, 9.17) is 0 Å². The molecule has 0 saturated carbocycles. The first kappa shape index (κ1) is 16.6. The van der Waals surface area contributed by atoms with Gasteiger partial charge in [0.25, 0.3) is 5.91 Å². The summed E-state index contributed by atoms with van der Waals surface area (Å²) in [5.74, 6) is 1.20. The van der Waals surface area contributed by atoms with Crippen LogP contribution < -0.4 is 5.32 Å². The number of carbonyl (C=O) groups is 1. The van der Waals surface area contributed by atoms with Gasteiger partial charge >= 0.3 is 0 Å². The molecule has 1 aromatic carbocycles. The maximum atomic E-state index is 12.2. The first-order valence-electron chi connectivity index (χ1n) is 8.49. The lowest BCUT2D eigenvalue weighted by Gasteiger charge is -2.16. The molecular formula is C19H24N4O. The first-order chi connectivity index (χ1) is 11.6. The number of likely N-dealkylation sites (tertiary alicyclic amines) is 1. The summed E-state index contributed by atoms with van der Waals surface area (Å²) < 4.78 is 0. The molecule has 1 N–H and O–H groups in total. The fourth-order valence-electron chi connectivity index (χ4n) is 3.26. The van der Waals surface area contributed by atoms with E-state index in [1.165, 1.54) is 12.0 Å². The molecule has 0 aliphatic carbocycles. The molecule has 2 aromatic rings. The number of aromatic nitrogens is 2. The van der Waals surface area contributed by atoms with E-state index in [1.54, 1.807) is 6.20 Å². The fourth-order valence-corrected chi connectivity index (χ4v) is 3.26. The van der Waals surface area contributed by atoms with Crippen molar-refractivity contribution in [3.05, 3.63) is 59.2 Å². The Hall–Kier alpha value is -2.27. The lowest BCUT2D eigenvalue weighted by Crippen LogP contribution is -2.34. The van der Waals surface area contributed by atoms with Crippen LogP contribution in [0.1, 0.15) is 39.8 Å². The van der Waals surface area contributed by atoms with Gasteiger partial charge in [-0.05, 0) is 38.3 Å². The van der Waals surface area contributed by atoms with Crippen LogP contribution in [0.4, 0.5) is 0 Å². The SMILES string of the molecule is Cc1ncc(C(=O)NCCN2CC[C@@H](c3ccccc3)C2)c(C)n1. The van der Waals surface area contributed by atoms with Crippen molar-refractivity contribution >= 4 is 5.91 Å². The quantitative estimate of drug-likeness (QED) is 0.917. The zero-order chi connectivity index (χ0) is 16.9. The number of hydrogen-bond acceptors (Lipinski definition) is 4. The average molecular weight is 324 g/mol. The second-order valence-electron chi connectivity index (χ2n) is 6.37. The van der Waals surface area contributed by atoms with Crippen LogP contribution in [-0.2, 0) is 0 Å². The Bertz CT molecular complexity index is 702. The maximum Gasteiger partial charge on any atom is 0.254 e. The van der Waals surface area contributed by atoms with Gasteiger partial charge in [-0.2, -0.15) is 0 Å². The topological polar surface area (TPSA) is 58.1 Å². The van der Waals surface area contributed by atoms with E-state index >= 15 is 0 Å². The standard InChI is InChI=1S/C19H24N4O/c1-14-18(12-21-15(2)22-14)19(24)20-9-11-23-10-8-17(13-23)16-6-4-3-5-7-16/h3-7,12,17H,8-11,13H2,1-2H3,(H,20,24)/t17-/m1/s1. The Labute approximate surface area is 143 Å². The van der Waals surface area contributed by atoms with Gasteiger partial charge in [-0.15, -0.1) is 0 Å². The van der Waals surface area contributed by atoms with Crippen molar-refractivity contribution in [3.8, 4) is 0 Å². The second-order valence-corrected chi connectivity index (χ2v) is 6.37. The lowest BCUT2D eigenvalue weighted by molar-refractivity contribution is 0.0948. The van der Waals surface area contributed by atoms with Crippen molar-refractivity contribution < 1.29 is 4.79 Å². The highest BCUT2D eigenvalue weighted by atomic mass is 16.1. The van der Waals surface area contributed by atoms with Gasteiger partial charge in [-0.1, -0.05) is 30.3 Å². The van der Waals surface area contributed by atoms with Crippen molar-refractivity contribution in [2.24, 2.45) is 0 Å². The van der Waals surface area contributed by atoms with E-state index in [2.05, 4.69) is 50.5 Å². The second kappa shape index (κ2) is 7.53. The van der Waals surface area contributed by atoms with Gasteiger partial charge in [0.1, 0.15) is 5.82 Å². The summed E-state index contributed by atoms with van der Waals surface area (Å²) in [6, 6.07) is 10.7. The van der Waals surface area contributed by atoms with Crippen LogP contribution in [0.25, 0.3) is 0 Å². The molecule has 1 fully saturated rings. The molecule has 0 unspecified atom stereocenters. The van der Waals surface area contributed by atoms with Crippen molar-refractivity contribution in [3.63, 3.8) is 0 Å². The molecule has 5 heteroatoms. The molecule has 1 saturated heterocycles. The van der Waals surface area contributed by atoms with E-state index in [-0.39, 0.29) is 5.91 Å². The van der Waals surface area contributed by atoms with Gasteiger partial charge in [0, 0.05) is 25.8 Å². The summed E-state index contributed by atoms with van der Waals surface area (Å²) in [4.78, 5) is 23.0. The van der Waals surface area contributed by atoms with Crippen LogP contribution in [0.2, 0.25) is 0 Å². The van der Waals surface area contributed by atoms with Crippen LogP contribution in [0.5, 0.6) is 0 Å². The molecule has 126 valence electrons. The molecule has 0 spiro atoms. The zero-order valence-corrected chi connectivity index (χ0v) is 14.3. The average Bonchev–Trinajstić information content (AvgIpc) is 3.04. The minimum Gasteiger partial charge on any atom is -0.351 e. The van der Waals surface area contributed by atoms with Gasteiger partial charge in [-0.25, -0.2) is 9.97 Å². The van der Waals surface area contributed by atoms with Crippen LogP contribution in [0.3, 0.4) is 0 Å². The number of nitrogens with zero attached hydrogens (tertiary/aromatic N) is 3. The van der Waals surface area contributed by atoms with Crippen molar-refractivity contribution in [1.29, 1.82) is 0 Å². The number of rotatable bonds is 5. The number of benzene rings is 1. The lowest BCUT2D eigenvalue weighted by atomic mass is 9.99. The maximum absolute atomic E-state index is 12.2.